The van der Waals surface area contributed by atoms with Crippen LogP contribution in [0.15, 0.2) is 72.9 Å². The van der Waals surface area contributed by atoms with Gasteiger partial charge in [-0.05, 0) is 60.9 Å². The van der Waals surface area contributed by atoms with E-state index in [4.69, 9.17) is 0 Å². The number of benzene rings is 2. The molecule has 5 nitrogen and oxygen atoms in total. The van der Waals surface area contributed by atoms with Gasteiger partial charge in [-0.3, -0.25) is 9.59 Å². The molecule has 5 rings (SSSR count). The summed E-state index contributed by atoms with van der Waals surface area (Å²) in [4.78, 5) is 30.9. The molecule has 2 amide bonds. The van der Waals surface area contributed by atoms with Crippen molar-refractivity contribution in [1.29, 1.82) is 0 Å². The molecule has 2 fully saturated rings. The summed E-state index contributed by atoms with van der Waals surface area (Å²) in [6, 6.07) is 23.0. The maximum atomic E-state index is 13.8. The number of carbonyl (C=O) groups is 2. The largest absolute Gasteiger partial charge is 0.345 e. The molecule has 0 spiro atoms. The highest BCUT2D eigenvalue weighted by Gasteiger charge is 2.35. The Hall–Kier alpha value is -3.34. The molecule has 0 atom stereocenters. The first kappa shape index (κ1) is 26.3. The molecule has 0 bridgehead atoms. The number of nitrogens with zero attached hydrogens (tertiary/aromatic N) is 3. The maximum Gasteiger partial charge on any atom is 0.242 e. The number of aryl methyl sites for hydroxylation is 1. The average molecular weight is 512 g/mol. The second kappa shape index (κ2) is 12.5. The van der Waals surface area contributed by atoms with Crippen LogP contribution >= 0.6 is 0 Å². The summed E-state index contributed by atoms with van der Waals surface area (Å²) in [5.41, 5.74) is 4.74. The Balaban J connectivity index is 1.30. The molecular formula is C33H41N3O2. The summed E-state index contributed by atoms with van der Waals surface area (Å²) in [5, 5.41) is 0. The second-order valence-electron chi connectivity index (χ2n) is 11.2. The first-order valence-corrected chi connectivity index (χ1v) is 14.4. The third-order valence-electron chi connectivity index (χ3n) is 8.30. The van der Waals surface area contributed by atoms with Crippen molar-refractivity contribution in [3.63, 3.8) is 0 Å². The highest BCUT2D eigenvalue weighted by atomic mass is 16.2. The van der Waals surface area contributed by atoms with E-state index in [9.17, 15) is 9.59 Å². The van der Waals surface area contributed by atoms with Gasteiger partial charge in [-0.15, -0.1) is 0 Å². The van der Waals surface area contributed by atoms with Crippen LogP contribution in [0.5, 0.6) is 0 Å². The van der Waals surface area contributed by atoms with Gasteiger partial charge >= 0.3 is 0 Å². The van der Waals surface area contributed by atoms with Crippen LogP contribution in [0.3, 0.4) is 0 Å². The molecule has 1 heterocycles. The lowest BCUT2D eigenvalue weighted by Gasteiger charge is -2.29. The Labute approximate surface area is 227 Å². The quantitative estimate of drug-likeness (QED) is 0.285. The van der Waals surface area contributed by atoms with Crippen LogP contribution in [0, 0.1) is 12.8 Å². The van der Waals surface area contributed by atoms with Crippen LogP contribution in [0.2, 0.25) is 0 Å². The van der Waals surface area contributed by atoms with E-state index in [2.05, 4.69) is 66.2 Å². The normalized spacial score (nSPS) is 15.5. The molecule has 1 aromatic heterocycles. The lowest BCUT2D eigenvalue weighted by molar-refractivity contribution is -0.142. The number of amides is 2. The Bertz CT molecular complexity index is 1210. The molecule has 2 aliphatic rings. The molecule has 0 N–H and O–H groups in total. The van der Waals surface area contributed by atoms with Crippen LogP contribution in [0.25, 0.3) is 0 Å². The summed E-state index contributed by atoms with van der Waals surface area (Å²) in [6.45, 7) is 4.14. The number of hydrogen-bond donors (Lipinski definition) is 0. The van der Waals surface area contributed by atoms with E-state index < -0.39 is 0 Å². The molecule has 2 aromatic carbocycles. The SMILES string of the molecule is Cc1ccccc1Cn1cccc1CN(Cc1ccccc1)C(=O)CN(C(=O)CCC1CCCC1)C1CC1. The molecule has 3 aromatic rings. The zero-order valence-corrected chi connectivity index (χ0v) is 22.7. The third kappa shape index (κ3) is 6.94. The van der Waals surface area contributed by atoms with Crippen molar-refractivity contribution in [2.75, 3.05) is 6.54 Å². The zero-order chi connectivity index (χ0) is 26.3. The highest BCUT2D eigenvalue weighted by molar-refractivity contribution is 5.85. The summed E-state index contributed by atoms with van der Waals surface area (Å²) in [7, 11) is 0. The van der Waals surface area contributed by atoms with Crippen LogP contribution in [-0.4, -0.2) is 38.8 Å². The molecule has 0 radical (unpaired) electrons. The fourth-order valence-corrected chi connectivity index (χ4v) is 5.77. The monoisotopic (exact) mass is 511 g/mol. The molecule has 2 saturated carbocycles. The van der Waals surface area contributed by atoms with E-state index in [-0.39, 0.29) is 24.4 Å². The Morgan fingerprint density at radius 1 is 0.842 bits per heavy atom. The predicted octanol–water partition coefficient (Wildman–Crippen LogP) is 6.34. The molecule has 0 unspecified atom stereocenters. The number of rotatable bonds is 12. The predicted molar refractivity (Wildman–Crippen MR) is 151 cm³/mol. The van der Waals surface area contributed by atoms with Crippen LogP contribution in [0.1, 0.15) is 73.8 Å². The Morgan fingerprint density at radius 2 is 1.58 bits per heavy atom. The average Bonchev–Trinajstić information content (AvgIpc) is 3.45. The van der Waals surface area contributed by atoms with Crippen LogP contribution in [0.4, 0.5) is 0 Å². The number of hydrogen-bond acceptors (Lipinski definition) is 2. The van der Waals surface area contributed by atoms with Gasteiger partial charge in [0.1, 0.15) is 6.54 Å². The van der Waals surface area contributed by atoms with Crippen molar-refractivity contribution in [3.05, 3.63) is 95.3 Å². The van der Waals surface area contributed by atoms with Gasteiger partial charge < -0.3 is 14.4 Å². The smallest absolute Gasteiger partial charge is 0.242 e. The van der Waals surface area contributed by atoms with E-state index in [0.29, 0.717) is 25.4 Å². The first-order valence-electron chi connectivity index (χ1n) is 14.4. The lowest BCUT2D eigenvalue weighted by atomic mass is 10.0. The van der Waals surface area contributed by atoms with Gasteiger partial charge in [-0.2, -0.15) is 0 Å². The van der Waals surface area contributed by atoms with Crippen molar-refractivity contribution in [3.8, 4) is 0 Å². The molecule has 38 heavy (non-hydrogen) atoms. The minimum Gasteiger partial charge on any atom is -0.345 e. The minimum atomic E-state index is 0.0265. The van der Waals surface area contributed by atoms with E-state index in [1.54, 1.807) is 0 Å². The molecule has 200 valence electrons. The zero-order valence-electron chi connectivity index (χ0n) is 22.7. The lowest BCUT2D eigenvalue weighted by Crippen LogP contribution is -2.43. The Morgan fingerprint density at radius 3 is 2.32 bits per heavy atom. The minimum absolute atomic E-state index is 0.0265. The van der Waals surface area contributed by atoms with Crippen molar-refractivity contribution >= 4 is 11.8 Å². The van der Waals surface area contributed by atoms with Gasteiger partial charge in [0.2, 0.25) is 11.8 Å². The van der Waals surface area contributed by atoms with Crippen molar-refractivity contribution in [2.24, 2.45) is 5.92 Å². The number of aromatic nitrogens is 1. The summed E-state index contributed by atoms with van der Waals surface area (Å²) < 4.78 is 2.24. The van der Waals surface area contributed by atoms with Gasteiger partial charge in [0.25, 0.3) is 0 Å². The van der Waals surface area contributed by atoms with Gasteiger partial charge in [-0.25, -0.2) is 0 Å². The van der Waals surface area contributed by atoms with Crippen molar-refractivity contribution < 1.29 is 9.59 Å². The summed E-state index contributed by atoms with van der Waals surface area (Å²) >= 11 is 0. The fourth-order valence-electron chi connectivity index (χ4n) is 5.77. The van der Waals surface area contributed by atoms with E-state index in [1.165, 1.54) is 36.8 Å². The van der Waals surface area contributed by atoms with E-state index >= 15 is 0 Å². The van der Waals surface area contributed by atoms with Crippen molar-refractivity contribution in [2.45, 2.75) is 84.0 Å². The van der Waals surface area contributed by atoms with Crippen LogP contribution < -0.4 is 0 Å². The summed E-state index contributed by atoms with van der Waals surface area (Å²) in [5.74, 6) is 0.875. The molecular weight excluding hydrogens is 470 g/mol. The van der Waals surface area contributed by atoms with E-state index in [0.717, 1.165) is 37.1 Å². The topological polar surface area (TPSA) is 45.6 Å². The summed E-state index contributed by atoms with van der Waals surface area (Å²) in [6.07, 6.45) is 10.8. The fraction of sp³-hybridized carbons (Fsp3) is 0.455. The molecule has 0 aliphatic heterocycles. The van der Waals surface area contributed by atoms with Gasteiger partial charge in [0.15, 0.2) is 0 Å². The van der Waals surface area contributed by atoms with E-state index in [1.807, 2.05) is 28.0 Å². The second-order valence-corrected chi connectivity index (χ2v) is 11.2. The van der Waals surface area contributed by atoms with Crippen molar-refractivity contribution in [1.82, 2.24) is 14.4 Å². The number of carbonyl (C=O) groups excluding carboxylic acids is 2. The van der Waals surface area contributed by atoms with Gasteiger partial charge in [0.05, 0.1) is 6.54 Å². The maximum absolute atomic E-state index is 13.8. The van der Waals surface area contributed by atoms with Crippen LogP contribution in [-0.2, 0) is 29.2 Å². The molecule has 5 heteroatoms. The Kier molecular flexibility index (Phi) is 8.62. The van der Waals surface area contributed by atoms with Gasteiger partial charge in [-0.1, -0.05) is 80.3 Å². The standard InChI is InChI=1S/C33H41N3O2/c1-26-10-5-8-15-29(26)23-34-21-9-16-31(34)24-35(22-28-13-3-2-4-14-28)33(38)25-36(30-18-19-30)32(37)20-17-27-11-6-7-12-27/h2-5,8-10,13-16,21,27,30H,6-7,11-12,17-20,22-25H2,1H3. The highest BCUT2D eigenvalue weighted by Crippen LogP contribution is 2.31. The first-order chi connectivity index (χ1) is 18.6. The third-order valence-corrected chi connectivity index (χ3v) is 8.30. The molecule has 0 saturated heterocycles. The van der Waals surface area contributed by atoms with Gasteiger partial charge in [0, 0.05) is 37.4 Å². The molecule has 2 aliphatic carbocycles.